The molecule has 0 atom stereocenters. The summed E-state index contributed by atoms with van der Waals surface area (Å²) in [4.78, 5) is 14.5. The first-order valence-electron chi connectivity index (χ1n) is 5.21. The van der Waals surface area contributed by atoms with E-state index >= 15 is 0 Å². The number of aldehydes is 1. The molecule has 0 aliphatic carbocycles. The van der Waals surface area contributed by atoms with Crippen molar-refractivity contribution in [2.24, 2.45) is 0 Å². The molecule has 2 aromatic rings. The van der Waals surface area contributed by atoms with Gasteiger partial charge in [0.2, 0.25) is 5.88 Å². The highest BCUT2D eigenvalue weighted by Gasteiger charge is 2.03. The number of aromatic nitrogens is 1. The Balaban J connectivity index is 2.19. The maximum atomic E-state index is 10.5. The Morgan fingerprint density at radius 3 is 2.78 bits per heavy atom. The second kappa shape index (κ2) is 5.75. The Kier molecular flexibility index (Phi) is 4.07. The lowest BCUT2D eigenvalue weighted by Crippen LogP contribution is -1.91. The molecule has 0 aliphatic heterocycles. The molecule has 1 aromatic carbocycles. The van der Waals surface area contributed by atoms with Crippen molar-refractivity contribution in [3.8, 4) is 11.6 Å². The zero-order chi connectivity index (χ0) is 13.0. The summed E-state index contributed by atoms with van der Waals surface area (Å²) >= 11 is 3.32. The number of aliphatic hydroxyl groups is 1. The maximum absolute atomic E-state index is 10.5. The van der Waals surface area contributed by atoms with Crippen molar-refractivity contribution in [2.45, 2.75) is 6.61 Å². The van der Waals surface area contributed by atoms with Gasteiger partial charge in [0, 0.05) is 22.3 Å². The molecule has 0 radical (unpaired) electrons. The number of hydrogen-bond acceptors (Lipinski definition) is 4. The summed E-state index contributed by atoms with van der Waals surface area (Å²) in [6, 6.07) is 8.52. The molecule has 0 aliphatic rings. The van der Waals surface area contributed by atoms with Crippen molar-refractivity contribution in [3.63, 3.8) is 0 Å². The summed E-state index contributed by atoms with van der Waals surface area (Å²) in [5.74, 6) is 0.973. The van der Waals surface area contributed by atoms with Crippen LogP contribution in [0.3, 0.4) is 0 Å². The molecular formula is C13H10BrNO3. The standard InChI is InChI=1S/C13H10BrNO3/c14-12-3-2-11(5-10(12)8-17)18-13-4-1-9(7-16)6-15-13/h1-7,17H,8H2. The molecule has 0 bridgehead atoms. The normalized spacial score (nSPS) is 10.1. The Morgan fingerprint density at radius 2 is 2.17 bits per heavy atom. The lowest BCUT2D eigenvalue weighted by atomic mass is 10.2. The molecule has 0 amide bonds. The molecule has 2 rings (SSSR count). The Bertz CT molecular complexity index is 555. The van der Waals surface area contributed by atoms with Crippen LogP contribution in [-0.4, -0.2) is 16.4 Å². The van der Waals surface area contributed by atoms with E-state index in [1.54, 1.807) is 30.3 Å². The number of benzene rings is 1. The van der Waals surface area contributed by atoms with Crippen LogP contribution in [-0.2, 0) is 6.61 Å². The van der Waals surface area contributed by atoms with Gasteiger partial charge in [-0.25, -0.2) is 4.98 Å². The van der Waals surface area contributed by atoms with Gasteiger partial charge in [-0.2, -0.15) is 0 Å². The van der Waals surface area contributed by atoms with Crippen LogP contribution in [0.5, 0.6) is 11.6 Å². The van der Waals surface area contributed by atoms with Crippen LogP contribution in [0.15, 0.2) is 41.0 Å². The van der Waals surface area contributed by atoms with Crippen molar-refractivity contribution >= 4 is 22.2 Å². The molecule has 0 unspecified atom stereocenters. The fourth-order valence-corrected chi connectivity index (χ4v) is 1.75. The fourth-order valence-electron chi connectivity index (χ4n) is 1.38. The quantitative estimate of drug-likeness (QED) is 0.882. The average molecular weight is 308 g/mol. The molecule has 1 N–H and O–H groups in total. The smallest absolute Gasteiger partial charge is 0.219 e. The molecule has 18 heavy (non-hydrogen) atoms. The second-order valence-electron chi connectivity index (χ2n) is 3.56. The molecule has 0 spiro atoms. The third-order valence-corrected chi connectivity index (χ3v) is 3.08. The molecule has 0 saturated heterocycles. The number of rotatable bonds is 4. The van der Waals surface area contributed by atoms with Gasteiger partial charge in [0.05, 0.1) is 6.61 Å². The van der Waals surface area contributed by atoms with Gasteiger partial charge in [0.15, 0.2) is 6.29 Å². The first kappa shape index (κ1) is 12.7. The lowest BCUT2D eigenvalue weighted by Gasteiger charge is -2.07. The van der Waals surface area contributed by atoms with E-state index < -0.39 is 0 Å². The van der Waals surface area contributed by atoms with E-state index in [0.29, 0.717) is 17.2 Å². The number of hydrogen-bond donors (Lipinski definition) is 1. The number of pyridine rings is 1. The largest absolute Gasteiger partial charge is 0.439 e. The minimum absolute atomic E-state index is 0.0741. The van der Waals surface area contributed by atoms with Gasteiger partial charge < -0.3 is 9.84 Å². The molecule has 0 saturated carbocycles. The molecule has 4 nitrogen and oxygen atoms in total. The van der Waals surface area contributed by atoms with Crippen molar-refractivity contribution < 1.29 is 14.6 Å². The van der Waals surface area contributed by atoms with Gasteiger partial charge >= 0.3 is 0 Å². The molecular weight excluding hydrogens is 298 g/mol. The number of carbonyl (C=O) groups is 1. The van der Waals surface area contributed by atoms with E-state index in [2.05, 4.69) is 20.9 Å². The molecule has 0 fully saturated rings. The van der Waals surface area contributed by atoms with Crippen molar-refractivity contribution in [1.82, 2.24) is 4.98 Å². The van der Waals surface area contributed by atoms with Crippen LogP contribution >= 0.6 is 15.9 Å². The van der Waals surface area contributed by atoms with Gasteiger partial charge in [-0.3, -0.25) is 4.79 Å². The minimum Gasteiger partial charge on any atom is -0.439 e. The monoisotopic (exact) mass is 307 g/mol. The van der Waals surface area contributed by atoms with Crippen LogP contribution in [0.25, 0.3) is 0 Å². The van der Waals surface area contributed by atoms with E-state index in [-0.39, 0.29) is 6.61 Å². The van der Waals surface area contributed by atoms with Crippen molar-refractivity contribution in [1.29, 1.82) is 0 Å². The average Bonchev–Trinajstić information content (AvgIpc) is 2.42. The number of carbonyl (C=O) groups excluding carboxylic acids is 1. The third kappa shape index (κ3) is 2.94. The van der Waals surface area contributed by atoms with E-state index in [9.17, 15) is 4.79 Å². The van der Waals surface area contributed by atoms with E-state index in [4.69, 9.17) is 9.84 Å². The second-order valence-corrected chi connectivity index (χ2v) is 4.42. The van der Waals surface area contributed by atoms with Crippen LogP contribution in [0.4, 0.5) is 0 Å². The molecule has 1 heterocycles. The molecule has 1 aromatic heterocycles. The highest BCUT2D eigenvalue weighted by Crippen LogP contribution is 2.25. The number of ether oxygens (including phenoxy) is 1. The Morgan fingerprint density at radius 1 is 1.33 bits per heavy atom. The zero-order valence-electron chi connectivity index (χ0n) is 9.34. The predicted molar refractivity (Wildman–Crippen MR) is 69.8 cm³/mol. The predicted octanol–water partition coefficient (Wildman–Crippen LogP) is 2.94. The molecule has 92 valence electrons. The van der Waals surface area contributed by atoms with Crippen molar-refractivity contribution in [2.75, 3.05) is 0 Å². The summed E-state index contributed by atoms with van der Waals surface area (Å²) in [5.41, 5.74) is 1.23. The summed E-state index contributed by atoms with van der Waals surface area (Å²) in [5, 5.41) is 9.14. The lowest BCUT2D eigenvalue weighted by molar-refractivity contribution is 0.112. The van der Waals surface area contributed by atoms with E-state index in [1.807, 2.05) is 0 Å². The number of halogens is 1. The third-order valence-electron chi connectivity index (χ3n) is 2.31. The van der Waals surface area contributed by atoms with Crippen LogP contribution in [0.1, 0.15) is 15.9 Å². The van der Waals surface area contributed by atoms with Crippen LogP contribution in [0, 0.1) is 0 Å². The summed E-state index contributed by atoms with van der Waals surface area (Å²) in [6.07, 6.45) is 2.16. The van der Waals surface area contributed by atoms with E-state index in [1.165, 1.54) is 6.20 Å². The van der Waals surface area contributed by atoms with Gasteiger partial charge in [0.25, 0.3) is 0 Å². The van der Waals surface area contributed by atoms with Gasteiger partial charge in [-0.05, 0) is 29.8 Å². The highest BCUT2D eigenvalue weighted by molar-refractivity contribution is 9.10. The van der Waals surface area contributed by atoms with Crippen LogP contribution < -0.4 is 4.74 Å². The fraction of sp³-hybridized carbons (Fsp3) is 0.0769. The number of aliphatic hydroxyl groups excluding tert-OH is 1. The van der Waals surface area contributed by atoms with Gasteiger partial charge in [-0.15, -0.1) is 0 Å². The topological polar surface area (TPSA) is 59.4 Å². The Labute approximate surface area is 112 Å². The number of nitrogens with zero attached hydrogens (tertiary/aromatic N) is 1. The van der Waals surface area contributed by atoms with Gasteiger partial charge in [-0.1, -0.05) is 15.9 Å². The summed E-state index contributed by atoms with van der Waals surface area (Å²) < 4.78 is 6.34. The van der Waals surface area contributed by atoms with Crippen LogP contribution in [0.2, 0.25) is 0 Å². The maximum Gasteiger partial charge on any atom is 0.219 e. The highest BCUT2D eigenvalue weighted by atomic mass is 79.9. The summed E-state index contributed by atoms with van der Waals surface area (Å²) in [6.45, 7) is -0.0741. The van der Waals surface area contributed by atoms with Crippen molar-refractivity contribution in [3.05, 3.63) is 52.1 Å². The molecule has 5 heteroatoms. The minimum atomic E-state index is -0.0741. The zero-order valence-corrected chi connectivity index (χ0v) is 10.9. The first-order valence-corrected chi connectivity index (χ1v) is 6.00. The summed E-state index contributed by atoms with van der Waals surface area (Å²) in [7, 11) is 0. The van der Waals surface area contributed by atoms with E-state index in [0.717, 1.165) is 16.3 Å². The van der Waals surface area contributed by atoms with Gasteiger partial charge in [0.1, 0.15) is 5.75 Å². The SMILES string of the molecule is O=Cc1ccc(Oc2ccc(Br)c(CO)c2)nc1. The Hall–Kier alpha value is -1.72. The first-order chi connectivity index (χ1) is 8.72.